The van der Waals surface area contributed by atoms with Crippen LogP contribution in [0, 0.1) is 6.92 Å². The number of epoxide rings is 1. The number of hydrogen-bond donors (Lipinski definition) is 1. The van der Waals surface area contributed by atoms with Crippen molar-refractivity contribution in [2.24, 2.45) is 0 Å². The van der Waals surface area contributed by atoms with Gasteiger partial charge in [0.05, 0.1) is 12.7 Å². The van der Waals surface area contributed by atoms with Crippen molar-refractivity contribution in [1.82, 2.24) is 4.98 Å². The van der Waals surface area contributed by atoms with Crippen molar-refractivity contribution in [2.75, 3.05) is 6.61 Å². The average Bonchev–Trinajstić information content (AvgIpc) is 2.96. The molecule has 0 bridgehead atoms. The van der Waals surface area contributed by atoms with Crippen molar-refractivity contribution in [3.63, 3.8) is 0 Å². The fraction of sp³-hybridized carbons (Fsp3) is 0.385. The lowest BCUT2D eigenvalue weighted by atomic mass is 10.0. The summed E-state index contributed by atoms with van der Waals surface area (Å²) in [6.45, 7) is 3.07. The Morgan fingerprint density at radius 2 is 2.33 bits per heavy atom. The molecule has 1 saturated heterocycles. The maximum absolute atomic E-state index is 5.24. The Kier molecular flexibility index (Phi) is 2.03. The summed E-state index contributed by atoms with van der Waals surface area (Å²) in [6, 6.07) is 8.72. The standard InChI is InChI=1S/C13H15NO/c1-9-7-12-10(5-6-11-8-15-11)3-2-4-13(12)14-9/h2-4,7,11,14H,5-6,8H2,1H3. The van der Waals surface area contributed by atoms with Gasteiger partial charge in [-0.25, -0.2) is 0 Å². The molecule has 1 aromatic heterocycles. The Morgan fingerprint density at radius 3 is 3.13 bits per heavy atom. The molecule has 1 fully saturated rings. The Labute approximate surface area is 89.3 Å². The molecule has 0 spiro atoms. The molecular formula is C13H15NO. The summed E-state index contributed by atoms with van der Waals surface area (Å²) < 4.78 is 5.24. The molecule has 2 heterocycles. The number of hydrogen-bond acceptors (Lipinski definition) is 1. The van der Waals surface area contributed by atoms with Crippen LogP contribution in [0.1, 0.15) is 17.7 Å². The lowest BCUT2D eigenvalue weighted by molar-refractivity contribution is 0.397. The average molecular weight is 201 g/mol. The van der Waals surface area contributed by atoms with Crippen LogP contribution >= 0.6 is 0 Å². The maximum atomic E-state index is 5.24. The quantitative estimate of drug-likeness (QED) is 0.760. The number of H-pyrrole nitrogens is 1. The van der Waals surface area contributed by atoms with E-state index in [-0.39, 0.29) is 0 Å². The van der Waals surface area contributed by atoms with Gasteiger partial charge < -0.3 is 9.72 Å². The van der Waals surface area contributed by atoms with Gasteiger partial charge in [-0.1, -0.05) is 12.1 Å². The van der Waals surface area contributed by atoms with Gasteiger partial charge in [0.25, 0.3) is 0 Å². The zero-order valence-electron chi connectivity index (χ0n) is 8.92. The normalized spacial score (nSPS) is 19.7. The molecule has 78 valence electrons. The number of rotatable bonds is 3. The summed E-state index contributed by atoms with van der Waals surface area (Å²) in [6.07, 6.45) is 2.81. The predicted octanol–water partition coefficient (Wildman–Crippen LogP) is 2.81. The number of aromatic nitrogens is 1. The van der Waals surface area contributed by atoms with Crippen LogP contribution in [-0.2, 0) is 11.2 Å². The van der Waals surface area contributed by atoms with E-state index in [0.717, 1.165) is 19.4 Å². The third-order valence-corrected chi connectivity index (χ3v) is 3.03. The zero-order valence-corrected chi connectivity index (χ0v) is 8.92. The number of benzene rings is 1. The highest BCUT2D eigenvalue weighted by atomic mass is 16.6. The van der Waals surface area contributed by atoms with Crippen LogP contribution in [0.15, 0.2) is 24.3 Å². The van der Waals surface area contributed by atoms with E-state index in [1.807, 2.05) is 0 Å². The van der Waals surface area contributed by atoms with Crippen LogP contribution in [0.4, 0.5) is 0 Å². The van der Waals surface area contributed by atoms with Crippen LogP contribution in [-0.4, -0.2) is 17.7 Å². The number of aromatic amines is 1. The van der Waals surface area contributed by atoms with Gasteiger partial charge in [-0.2, -0.15) is 0 Å². The van der Waals surface area contributed by atoms with Crippen molar-refractivity contribution in [2.45, 2.75) is 25.9 Å². The highest BCUT2D eigenvalue weighted by Gasteiger charge is 2.21. The lowest BCUT2D eigenvalue weighted by Crippen LogP contribution is -1.91. The molecule has 0 amide bonds. The number of nitrogens with one attached hydrogen (secondary N) is 1. The Morgan fingerprint density at radius 1 is 1.47 bits per heavy atom. The summed E-state index contributed by atoms with van der Waals surface area (Å²) in [5.74, 6) is 0. The van der Waals surface area contributed by atoms with Crippen molar-refractivity contribution in [3.05, 3.63) is 35.5 Å². The summed E-state index contributed by atoms with van der Waals surface area (Å²) >= 11 is 0. The molecule has 1 aliphatic heterocycles. The summed E-state index contributed by atoms with van der Waals surface area (Å²) in [4.78, 5) is 3.37. The van der Waals surface area contributed by atoms with Crippen molar-refractivity contribution in [3.8, 4) is 0 Å². The number of fused-ring (bicyclic) bond motifs is 1. The number of ether oxygens (including phenoxy) is 1. The molecule has 1 N–H and O–H groups in total. The topological polar surface area (TPSA) is 28.3 Å². The fourth-order valence-electron chi connectivity index (χ4n) is 2.13. The van der Waals surface area contributed by atoms with Crippen LogP contribution < -0.4 is 0 Å². The van der Waals surface area contributed by atoms with E-state index in [2.05, 4.69) is 36.2 Å². The minimum atomic E-state index is 0.528. The van der Waals surface area contributed by atoms with Gasteiger partial charge in [0.1, 0.15) is 0 Å². The molecule has 0 saturated carbocycles. The van der Waals surface area contributed by atoms with Crippen LogP contribution in [0.5, 0.6) is 0 Å². The van der Waals surface area contributed by atoms with Gasteiger partial charge in [-0.05, 0) is 37.5 Å². The highest BCUT2D eigenvalue weighted by Crippen LogP contribution is 2.23. The summed E-state index contributed by atoms with van der Waals surface area (Å²) in [5, 5.41) is 1.37. The van der Waals surface area contributed by atoms with Crippen LogP contribution in [0.2, 0.25) is 0 Å². The van der Waals surface area contributed by atoms with Crippen molar-refractivity contribution in [1.29, 1.82) is 0 Å². The first-order chi connectivity index (χ1) is 7.33. The lowest BCUT2D eigenvalue weighted by Gasteiger charge is -2.01. The monoisotopic (exact) mass is 201 g/mol. The van der Waals surface area contributed by atoms with E-state index in [9.17, 15) is 0 Å². The van der Waals surface area contributed by atoms with Gasteiger partial charge in [-0.3, -0.25) is 0 Å². The molecule has 1 atom stereocenters. The smallest absolute Gasteiger partial charge is 0.0813 e. The zero-order chi connectivity index (χ0) is 10.3. The molecule has 2 heteroatoms. The molecule has 2 aromatic rings. The fourth-order valence-corrected chi connectivity index (χ4v) is 2.13. The van der Waals surface area contributed by atoms with Crippen molar-refractivity contribution >= 4 is 10.9 Å². The van der Waals surface area contributed by atoms with Gasteiger partial charge in [-0.15, -0.1) is 0 Å². The molecule has 3 rings (SSSR count). The third kappa shape index (κ3) is 1.77. The highest BCUT2D eigenvalue weighted by molar-refractivity contribution is 5.83. The van der Waals surface area contributed by atoms with Gasteiger partial charge >= 0.3 is 0 Å². The third-order valence-electron chi connectivity index (χ3n) is 3.03. The maximum Gasteiger partial charge on any atom is 0.0813 e. The second-order valence-corrected chi connectivity index (χ2v) is 4.32. The summed E-state index contributed by atoms with van der Waals surface area (Å²) in [7, 11) is 0. The molecule has 0 aliphatic carbocycles. The Bertz CT molecular complexity index is 482. The van der Waals surface area contributed by atoms with E-state index >= 15 is 0 Å². The van der Waals surface area contributed by atoms with E-state index in [0.29, 0.717) is 6.10 Å². The molecule has 2 nitrogen and oxygen atoms in total. The van der Waals surface area contributed by atoms with Gasteiger partial charge in [0.2, 0.25) is 0 Å². The molecule has 1 aromatic carbocycles. The van der Waals surface area contributed by atoms with E-state index in [1.54, 1.807) is 0 Å². The Hall–Kier alpha value is -1.28. The minimum absolute atomic E-state index is 0.528. The first-order valence-corrected chi connectivity index (χ1v) is 5.52. The SMILES string of the molecule is Cc1cc2c(CCC3CO3)cccc2[nH]1. The Balaban J connectivity index is 1.93. The minimum Gasteiger partial charge on any atom is -0.373 e. The molecule has 0 radical (unpaired) electrons. The predicted molar refractivity (Wildman–Crippen MR) is 61.1 cm³/mol. The molecule has 1 aliphatic rings. The van der Waals surface area contributed by atoms with E-state index in [4.69, 9.17) is 4.74 Å². The summed E-state index contributed by atoms with van der Waals surface area (Å²) in [5.41, 5.74) is 3.93. The van der Waals surface area contributed by atoms with Crippen LogP contribution in [0.3, 0.4) is 0 Å². The molecule has 1 unspecified atom stereocenters. The largest absolute Gasteiger partial charge is 0.373 e. The number of aryl methyl sites for hydroxylation is 2. The molecular weight excluding hydrogens is 186 g/mol. The van der Waals surface area contributed by atoms with Crippen molar-refractivity contribution < 1.29 is 4.74 Å². The van der Waals surface area contributed by atoms with Crippen LogP contribution in [0.25, 0.3) is 10.9 Å². The van der Waals surface area contributed by atoms with E-state index < -0.39 is 0 Å². The first kappa shape index (κ1) is 8.98. The second-order valence-electron chi connectivity index (χ2n) is 4.32. The first-order valence-electron chi connectivity index (χ1n) is 5.52. The van der Waals surface area contributed by atoms with E-state index in [1.165, 1.54) is 22.2 Å². The van der Waals surface area contributed by atoms with Gasteiger partial charge in [0.15, 0.2) is 0 Å². The van der Waals surface area contributed by atoms with Gasteiger partial charge in [0, 0.05) is 16.6 Å². The molecule has 15 heavy (non-hydrogen) atoms. The second kappa shape index (κ2) is 3.38.